The highest BCUT2D eigenvalue weighted by Gasteiger charge is 2.44. The minimum atomic E-state index is -0.932. The first-order chi connectivity index (χ1) is 8.41. The van der Waals surface area contributed by atoms with E-state index in [-0.39, 0.29) is 35.9 Å². The second-order valence-corrected chi connectivity index (χ2v) is 5.59. The number of nitrogens with one attached hydrogen (secondary N) is 1. The van der Waals surface area contributed by atoms with Gasteiger partial charge in [0, 0.05) is 0 Å². The average molecular weight is 255 g/mol. The summed E-state index contributed by atoms with van der Waals surface area (Å²) in [5.41, 5.74) is 0. The van der Waals surface area contributed by atoms with Gasteiger partial charge in [-0.25, -0.2) is 4.79 Å². The molecule has 1 heterocycles. The van der Waals surface area contributed by atoms with Gasteiger partial charge in [-0.3, -0.25) is 4.79 Å². The van der Waals surface area contributed by atoms with E-state index in [1.165, 1.54) is 0 Å². The Kier molecular flexibility index (Phi) is 3.61. The van der Waals surface area contributed by atoms with E-state index in [9.17, 15) is 9.59 Å². The lowest BCUT2D eigenvalue weighted by molar-refractivity contribution is -0.143. The Balaban J connectivity index is 2.00. The van der Waals surface area contributed by atoms with E-state index in [0.29, 0.717) is 0 Å². The molecule has 1 aliphatic carbocycles. The first kappa shape index (κ1) is 13.3. The monoisotopic (exact) mass is 255 g/mol. The lowest BCUT2D eigenvalue weighted by atomic mass is 9.88. The van der Waals surface area contributed by atoms with E-state index in [0.717, 1.165) is 12.8 Å². The zero-order valence-electron chi connectivity index (χ0n) is 11.1. The number of hydrogen-bond donors (Lipinski definition) is 2. The molecule has 0 spiro atoms. The molecule has 1 saturated heterocycles. The Morgan fingerprint density at radius 1 is 1.22 bits per heavy atom. The Morgan fingerprint density at radius 3 is 2.22 bits per heavy atom. The summed E-state index contributed by atoms with van der Waals surface area (Å²) >= 11 is 0. The molecule has 1 amide bonds. The fraction of sp³-hybridized carbons (Fsp3) is 0.846. The maximum absolute atomic E-state index is 12.2. The average Bonchev–Trinajstić information content (AvgIpc) is 3.05. The minimum Gasteiger partial charge on any atom is -0.480 e. The summed E-state index contributed by atoms with van der Waals surface area (Å²) in [6, 6.07) is -0.729. The quantitative estimate of drug-likeness (QED) is 0.786. The van der Waals surface area contributed by atoms with E-state index >= 15 is 0 Å². The van der Waals surface area contributed by atoms with Crippen molar-refractivity contribution in [3.8, 4) is 0 Å². The van der Waals surface area contributed by atoms with Gasteiger partial charge in [-0.1, -0.05) is 6.92 Å². The van der Waals surface area contributed by atoms with E-state index in [2.05, 4.69) is 5.32 Å². The third-order valence-electron chi connectivity index (χ3n) is 4.20. The fourth-order valence-electron chi connectivity index (χ4n) is 2.78. The molecular formula is C13H21NO4. The van der Waals surface area contributed by atoms with Crippen molar-refractivity contribution in [1.29, 1.82) is 0 Å². The van der Waals surface area contributed by atoms with Crippen molar-refractivity contribution in [2.24, 2.45) is 17.8 Å². The number of carboxylic acids is 1. The molecule has 5 heteroatoms. The molecule has 2 aliphatic rings. The van der Waals surface area contributed by atoms with Crippen LogP contribution >= 0.6 is 0 Å². The van der Waals surface area contributed by atoms with Crippen LogP contribution in [0.4, 0.5) is 0 Å². The Bertz CT molecular complexity index is 353. The molecule has 102 valence electrons. The van der Waals surface area contributed by atoms with Gasteiger partial charge < -0.3 is 15.2 Å². The van der Waals surface area contributed by atoms with Crippen molar-refractivity contribution >= 4 is 11.9 Å². The highest BCUT2D eigenvalue weighted by atomic mass is 16.5. The van der Waals surface area contributed by atoms with Crippen LogP contribution in [0.5, 0.6) is 0 Å². The lowest BCUT2D eigenvalue weighted by Crippen LogP contribution is -2.47. The molecule has 0 radical (unpaired) electrons. The van der Waals surface area contributed by atoms with Crippen molar-refractivity contribution in [3.05, 3.63) is 0 Å². The summed E-state index contributed by atoms with van der Waals surface area (Å²) < 4.78 is 5.62. The van der Waals surface area contributed by atoms with Crippen LogP contribution in [0.1, 0.15) is 33.6 Å². The standard InChI is InChI=1S/C13H21NO4/c1-6-7(2)18-8(3)10(6)12(15)14-11(13(16)17)9-4-5-9/h6-11H,4-5H2,1-3H3,(H,14,15)(H,16,17). The molecule has 2 N–H and O–H groups in total. The maximum Gasteiger partial charge on any atom is 0.326 e. The Morgan fingerprint density at radius 2 is 1.83 bits per heavy atom. The number of ether oxygens (including phenoxy) is 1. The lowest BCUT2D eigenvalue weighted by Gasteiger charge is -2.21. The molecule has 0 aromatic heterocycles. The fourth-order valence-corrected chi connectivity index (χ4v) is 2.78. The summed E-state index contributed by atoms with van der Waals surface area (Å²) in [6.45, 7) is 5.80. The van der Waals surface area contributed by atoms with Gasteiger partial charge in [-0.2, -0.15) is 0 Å². The normalized spacial score (nSPS) is 37.3. The third kappa shape index (κ3) is 2.51. The van der Waals surface area contributed by atoms with Gasteiger partial charge in [0.15, 0.2) is 0 Å². The van der Waals surface area contributed by atoms with Gasteiger partial charge >= 0.3 is 5.97 Å². The number of rotatable bonds is 4. The zero-order valence-corrected chi connectivity index (χ0v) is 11.1. The molecule has 5 unspecified atom stereocenters. The number of hydrogen-bond acceptors (Lipinski definition) is 3. The van der Waals surface area contributed by atoms with Gasteiger partial charge in [0.05, 0.1) is 18.1 Å². The molecule has 2 rings (SSSR count). The van der Waals surface area contributed by atoms with Crippen molar-refractivity contribution < 1.29 is 19.4 Å². The Hall–Kier alpha value is -1.10. The molecule has 5 nitrogen and oxygen atoms in total. The predicted molar refractivity (Wildman–Crippen MR) is 65.0 cm³/mol. The number of carbonyl (C=O) groups excluding carboxylic acids is 1. The molecule has 0 aromatic carbocycles. The predicted octanol–water partition coefficient (Wildman–Crippen LogP) is 1.03. The van der Waals surface area contributed by atoms with Crippen molar-refractivity contribution in [2.75, 3.05) is 0 Å². The van der Waals surface area contributed by atoms with E-state index in [1.807, 2.05) is 20.8 Å². The highest BCUT2D eigenvalue weighted by Crippen LogP contribution is 2.35. The first-order valence-corrected chi connectivity index (χ1v) is 6.60. The van der Waals surface area contributed by atoms with Crippen LogP contribution in [0.2, 0.25) is 0 Å². The summed E-state index contributed by atoms with van der Waals surface area (Å²) in [5.74, 6) is -1.14. The highest BCUT2D eigenvalue weighted by molar-refractivity contribution is 5.86. The summed E-state index contributed by atoms with van der Waals surface area (Å²) in [6.07, 6.45) is 1.67. The van der Waals surface area contributed by atoms with E-state index < -0.39 is 12.0 Å². The van der Waals surface area contributed by atoms with E-state index in [1.54, 1.807) is 0 Å². The van der Waals surface area contributed by atoms with Gasteiger partial charge in [-0.05, 0) is 38.5 Å². The summed E-state index contributed by atoms with van der Waals surface area (Å²) in [7, 11) is 0. The molecule has 5 atom stereocenters. The van der Waals surface area contributed by atoms with Gasteiger partial charge in [0.1, 0.15) is 6.04 Å². The van der Waals surface area contributed by atoms with Crippen molar-refractivity contribution in [3.63, 3.8) is 0 Å². The summed E-state index contributed by atoms with van der Waals surface area (Å²) in [4.78, 5) is 23.3. The van der Waals surface area contributed by atoms with Crippen LogP contribution in [0.15, 0.2) is 0 Å². The second-order valence-electron chi connectivity index (χ2n) is 5.59. The Labute approximate surface area is 107 Å². The number of carbonyl (C=O) groups is 2. The van der Waals surface area contributed by atoms with Crippen LogP contribution in [-0.2, 0) is 14.3 Å². The molecule has 0 bridgehead atoms. The van der Waals surface area contributed by atoms with Crippen LogP contribution in [0.3, 0.4) is 0 Å². The molecule has 18 heavy (non-hydrogen) atoms. The number of aliphatic carboxylic acids is 1. The SMILES string of the molecule is CC1OC(C)C(C(=O)NC(C(=O)O)C2CC2)C1C. The van der Waals surface area contributed by atoms with Crippen molar-refractivity contribution in [1.82, 2.24) is 5.32 Å². The largest absolute Gasteiger partial charge is 0.480 e. The zero-order chi connectivity index (χ0) is 13.4. The maximum atomic E-state index is 12.2. The van der Waals surface area contributed by atoms with Crippen molar-refractivity contribution in [2.45, 2.75) is 51.9 Å². The topological polar surface area (TPSA) is 75.6 Å². The smallest absolute Gasteiger partial charge is 0.326 e. The molecule has 2 fully saturated rings. The number of carboxylic acid groups (broad SMARTS) is 1. The van der Waals surface area contributed by atoms with Crippen LogP contribution < -0.4 is 5.32 Å². The van der Waals surface area contributed by atoms with Crippen LogP contribution in [0, 0.1) is 17.8 Å². The van der Waals surface area contributed by atoms with E-state index in [4.69, 9.17) is 9.84 Å². The van der Waals surface area contributed by atoms with Crippen LogP contribution in [0.25, 0.3) is 0 Å². The first-order valence-electron chi connectivity index (χ1n) is 6.60. The van der Waals surface area contributed by atoms with Gasteiger partial charge in [-0.15, -0.1) is 0 Å². The summed E-state index contributed by atoms with van der Waals surface area (Å²) in [5, 5.41) is 11.8. The second kappa shape index (κ2) is 4.88. The molecule has 0 aromatic rings. The molecule has 1 saturated carbocycles. The van der Waals surface area contributed by atoms with Gasteiger partial charge in [0.2, 0.25) is 5.91 Å². The number of amides is 1. The molecule has 1 aliphatic heterocycles. The van der Waals surface area contributed by atoms with Crippen LogP contribution in [-0.4, -0.2) is 35.2 Å². The minimum absolute atomic E-state index is 0.0416. The third-order valence-corrected chi connectivity index (χ3v) is 4.20. The van der Waals surface area contributed by atoms with Gasteiger partial charge in [0.25, 0.3) is 0 Å². The molecular weight excluding hydrogens is 234 g/mol.